The monoisotopic (exact) mass is 240 g/mol. The van der Waals surface area contributed by atoms with Crippen LogP contribution in [0.5, 0.6) is 0 Å². The first-order valence-electron chi connectivity index (χ1n) is 5.83. The van der Waals surface area contributed by atoms with Gasteiger partial charge in [0.1, 0.15) is 0 Å². The van der Waals surface area contributed by atoms with E-state index in [1.807, 2.05) is 6.08 Å². The van der Waals surface area contributed by atoms with Gasteiger partial charge in [-0.05, 0) is 25.7 Å². The standard InChI is InChI=1S/C13H20O4/c1-2-3-4-5-6-7-8-11(13(16)17)9-10-12(14)15/h2,9H,1,3-8,10H2,(H,14,15)(H,16,17). The molecule has 4 nitrogen and oxygen atoms in total. The van der Waals surface area contributed by atoms with Crippen LogP contribution in [-0.4, -0.2) is 22.2 Å². The second-order valence-corrected chi connectivity index (χ2v) is 3.87. The lowest BCUT2D eigenvalue weighted by atomic mass is 10.0. The summed E-state index contributed by atoms with van der Waals surface area (Å²) in [6.07, 6.45) is 8.24. The van der Waals surface area contributed by atoms with Crippen LogP contribution in [0.15, 0.2) is 24.3 Å². The number of carbonyl (C=O) groups is 2. The van der Waals surface area contributed by atoms with E-state index >= 15 is 0 Å². The van der Waals surface area contributed by atoms with Gasteiger partial charge in [0.05, 0.1) is 6.42 Å². The van der Waals surface area contributed by atoms with Gasteiger partial charge < -0.3 is 10.2 Å². The molecule has 0 aliphatic carbocycles. The minimum absolute atomic E-state index is 0.205. The first-order chi connectivity index (χ1) is 8.07. The molecule has 0 fully saturated rings. The fraction of sp³-hybridized carbons (Fsp3) is 0.538. The molecule has 0 aromatic heterocycles. The highest BCUT2D eigenvalue weighted by Gasteiger charge is 2.07. The van der Waals surface area contributed by atoms with E-state index in [0.29, 0.717) is 6.42 Å². The average Bonchev–Trinajstić information content (AvgIpc) is 2.26. The van der Waals surface area contributed by atoms with Crippen molar-refractivity contribution in [3.05, 3.63) is 24.3 Å². The largest absolute Gasteiger partial charge is 0.481 e. The molecule has 2 N–H and O–H groups in total. The predicted octanol–water partition coefficient (Wildman–Crippen LogP) is 3.00. The third-order valence-corrected chi connectivity index (χ3v) is 2.40. The van der Waals surface area contributed by atoms with E-state index in [-0.39, 0.29) is 12.0 Å². The third-order valence-electron chi connectivity index (χ3n) is 2.40. The van der Waals surface area contributed by atoms with Crippen molar-refractivity contribution < 1.29 is 19.8 Å². The van der Waals surface area contributed by atoms with Crippen LogP contribution in [0, 0.1) is 0 Å². The van der Waals surface area contributed by atoms with E-state index in [9.17, 15) is 9.59 Å². The summed E-state index contributed by atoms with van der Waals surface area (Å²) < 4.78 is 0. The molecule has 0 aliphatic heterocycles. The molecule has 96 valence electrons. The van der Waals surface area contributed by atoms with Gasteiger partial charge in [0, 0.05) is 5.57 Å². The van der Waals surface area contributed by atoms with Crippen molar-refractivity contribution in [2.75, 3.05) is 0 Å². The first-order valence-corrected chi connectivity index (χ1v) is 5.83. The number of hydrogen-bond acceptors (Lipinski definition) is 2. The molecule has 0 aliphatic rings. The lowest BCUT2D eigenvalue weighted by molar-refractivity contribution is -0.136. The lowest BCUT2D eigenvalue weighted by Gasteiger charge is -2.02. The van der Waals surface area contributed by atoms with Crippen LogP contribution in [-0.2, 0) is 9.59 Å². The molecule has 17 heavy (non-hydrogen) atoms. The molecule has 0 heterocycles. The van der Waals surface area contributed by atoms with Crippen LogP contribution in [0.2, 0.25) is 0 Å². The summed E-state index contributed by atoms with van der Waals surface area (Å²) in [5.41, 5.74) is 0.205. The van der Waals surface area contributed by atoms with Gasteiger partial charge in [0.25, 0.3) is 0 Å². The number of unbranched alkanes of at least 4 members (excludes halogenated alkanes) is 4. The van der Waals surface area contributed by atoms with Crippen molar-refractivity contribution in [1.82, 2.24) is 0 Å². The van der Waals surface area contributed by atoms with Crippen LogP contribution in [0.25, 0.3) is 0 Å². The normalized spacial score (nSPS) is 11.2. The second-order valence-electron chi connectivity index (χ2n) is 3.87. The van der Waals surface area contributed by atoms with Crippen LogP contribution >= 0.6 is 0 Å². The summed E-state index contributed by atoms with van der Waals surface area (Å²) in [5, 5.41) is 17.3. The Hall–Kier alpha value is -1.58. The molecule has 0 spiro atoms. The maximum atomic E-state index is 10.8. The summed E-state index contributed by atoms with van der Waals surface area (Å²) in [6.45, 7) is 3.63. The molecule has 0 saturated heterocycles. The number of carboxylic acid groups (broad SMARTS) is 2. The minimum Gasteiger partial charge on any atom is -0.481 e. The zero-order valence-electron chi connectivity index (χ0n) is 10.0. The highest BCUT2D eigenvalue weighted by molar-refractivity contribution is 5.87. The van der Waals surface area contributed by atoms with Crippen molar-refractivity contribution in [2.45, 2.75) is 44.9 Å². The molecular weight excluding hydrogens is 220 g/mol. The molecule has 0 amide bonds. The van der Waals surface area contributed by atoms with E-state index in [4.69, 9.17) is 10.2 Å². The fourth-order valence-corrected chi connectivity index (χ4v) is 1.46. The van der Waals surface area contributed by atoms with Crippen molar-refractivity contribution >= 4 is 11.9 Å². The van der Waals surface area contributed by atoms with Gasteiger partial charge in [0.15, 0.2) is 0 Å². The van der Waals surface area contributed by atoms with E-state index < -0.39 is 11.9 Å². The van der Waals surface area contributed by atoms with Crippen molar-refractivity contribution in [2.24, 2.45) is 0 Å². The summed E-state index contributed by atoms with van der Waals surface area (Å²) in [5.74, 6) is -2.02. The van der Waals surface area contributed by atoms with E-state index in [1.54, 1.807) is 0 Å². The van der Waals surface area contributed by atoms with Gasteiger partial charge in [-0.25, -0.2) is 4.79 Å². The number of aliphatic carboxylic acids is 2. The Morgan fingerprint density at radius 3 is 2.24 bits per heavy atom. The zero-order valence-corrected chi connectivity index (χ0v) is 10.0. The maximum absolute atomic E-state index is 10.8. The van der Waals surface area contributed by atoms with Crippen molar-refractivity contribution in [1.29, 1.82) is 0 Å². The van der Waals surface area contributed by atoms with Gasteiger partial charge in [-0.15, -0.1) is 6.58 Å². The lowest BCUT2D eigenvalue weighted by Crippen LogP contribution is -2.02. The molecule has 4 heteroatoms. The summed E-state index contributed by atoms with van der Waals surface area (Å²) in [4.78, 5) is 21.1. The highest BCUT2D eigenvalue weighted by atomic mass is 16.4. The zero-order chi connectivity index (χ0) is 13.1. The predicted molar refractivity (Wildman–Crippen MR) is 65.9 cm³/mol. The molecule has 0 bridgehead atoms. The second kappa shape index (κ2) is 9.63. The summed E-state index contributed by atoms with van der Waals surface area (Å²) in [7, 11) is 0. The van der Waals surface area contributed by atoms with Gasteiger partial charge in [-0.3, -0.25) is 4.79 Å². The summed E-state index contributed by atoms with van der Waals surface area (Å²) in [6, 6.07) is 0. The van der Waals surface area contributed by atoms with E-state index in [0.717, 1.165) is 32.1 Å². The van der Waals surface area contributed by atoms with Gasteiger partial charge >= 0.3 is 11.9 Å². The topological polar surface area (TPSA) is 74.6 Å². The van der Waals surface area contributed by atoms with E-state index in [2.05, 4.69) is 6.58 Å². The fourth-order valence-electron chi connectivity index (χ4n) is 1.46. The Balaban J connectivity index is 3.86. The quantitative estimate of drug-likeness (QED) is 0.349. The van der Waals surface area contributed by atoms with Crippen LogP contribution < -0.4 is 0 Å². The van der Waals surface area contributed by atoms with Crippen molar-refractivity contribution in [3.63, 3.8) is 0 Å². The Bertz CT molecular complexity index is 292. The van der Waals surface area contributed by atoms with Crippen LogP contribution in [0.1, 0.15) is 44.9 Å². The molecular formula is C13H20O4. The SMILES string of the molecule is C=CCCCCCCC(=CCC(=O)O)C(=O)O. The number of allylic oxidation sites excluding steroid dienone is 1. The number of rotatable bonds is 10. The van der Waals surface area contributed by atoms with Gasteiger partial charge in [-0.1, -0.05) is 25.0 Å². The smallest absolute Gasteiger partial charge is 0.331 e. The third kappa shape index (κ3) is 9.35. The summed E-state index contributed by atoms with van der Waals surface area (Å²) >= 11 is 0. The maximum Gasteiger partial charge on any atom is 0.331 e. The number of carboxylic acids is 2. The molecule has 0 saturated carbocycles. The Kier molecular flexibility index (Phi) is 8.74. The van der Waals surface area contributed by atoms with Crippen LogP contribution in [0.4, 0.5) is 0 Å². The molecule has 0 radical (unpaired) electrons. The minimum atomic E-state index is -1.02. The van der Waals surface area contributed by atoms with Gasteiger partial charge in [0.2, 0.25) is 0 Å². The van der Waals surface area contributed by atoms with Crippen LogP contribution in [0.3, 0.4) is 0 Å². The molecule has 0 atom stereocenters. The van der Waals surface area contributed by atoms with Gasteiger partial charge in [-0.2, -0.15) is 0 Å². The molecule has 0 aromatic rings. The molecule has 0 rings (SSSR count). The number of hydrogen-bond donors (Lipinski definition) is 2. The van der Waals surface area contributed by atoms with Crippen molar-refractivity contribution in [3.8, 4) is 0 Å². The molecule has 0 unspecified atom stereocenters. The Morgan fingerprint density at radius 2 is 1.71 bits per heavy atom. The average molecular weight is 240 g/mol. The van der Waals surface area contributed by atoms with E-state index in [1.165, 1.54) is 6.08 Å². The highest BCUT2D eigenvalue weighted by Crippen LogP contribution is 2.12. The first kappa shape index (κ1) is 15.4. The Labute approximate surface area is 102 Å². The Morgan fingerprint density at radius 1 is 1.06 bits per heavy atom. The molecule has 0 aromatic carbocycles.